The smallest absolute Gasteiger partial charge is 0.250 e. The molecule has 2 N–H and O–H groups in total. The lowest BCUT2D eigenvalue weighted by molar-refractivity contribution is -0.119. The Hall–Kier alpha value is -1.59. The first-order valence-corrected chi connectivity index (χ1v) is 6.46. The predicted octanol–water partition coefficient (Wildman–Crippen LogP) is 1.86. The molecule has 1 aromatic carbocycles. The summed E-state index contributed by atoms with van der Waals surface area (Å²) in [6.45, 7) is 2.95. The highest BCUT2D eigenvalue weighted by Crippen LogP contribution is 2.20. The van der Waals surface area contributed by atoms with E-state index in [9.17, 15) is 4.79 Å². The van der Waals surface area contributed by atoms with Crippen LogP contribution < -0.4 is 10.6 Å². The molecule has 2 atom stereocenters. The fraction of sp³-hybridized carbons (Fsp3) is 0.500. The largest absolute Gasteiger partial charge is 0.380 e. The fourth-order valence-corrected chi connectivity index (χ4v) is 2.11. The molecule has 1 amide bonds. The quantitative estimate of drug-likeness (QED) is 0.852. The fourth-order valence-electron chi connectivity index (χ4n) is 2.11. The average molecular weight is 264 g/mol. The maximum Gasteiger partial charge on any atom is 0.250 e. The molecule has 104 valence electrons. The third-order valence-electron chi connectivity index (χ3n) is 3.17. The molecule has 0 saturated carbocycles. The number of anilines is 2. The molecule has 5 heteroatoms. The van der Waals surface area contributed by atoms with Crippen LogP contribution in [0.4, 0.5) is 11.4 Å². The van der Waals surface area contributed by atoms with Gasteiger partial charge < -0.3 is 20.1 Å². The predicted molar refractivity (Wildman–Crippen MR) is 74.4 cm³/mol. The molecule has 0 aromatic heterocycles. The van der Waals surface area contributed by atoms with E-state index in [0.717, 1.165) is 24.4 Å². The van der Waals surface area contributed by atoms with Crippen LogP contribution in [0.3, 0.4) is 0 Å². The number of carbonyl (C=O) groups excluding carboxylic acids is 1. The van der Waals surface area contributed by atoms with E-state index in [2.05, 4.69) is 17.6 Å². The van der Waals surface area contributed by atoms with E-state index in [-0.39, 0.29) is 18.6 Å². The van der Waals surface area contributed by atoms with Crippen molar-refractivity contribution in [3.8, 4) is 0 Å². The Labute approximate surface area is 113 Å². The van der Waals surface area contributed by atoms with Gasteiger partial charge in [-0.3, -0.25) is 4.79 Å². The van der Waals surface area contributed by atoms with Gasteiger partial charge in [0.1, 0.15) is 6.61 Å². The van der Waals surface area contributed by atoms with Crippen LogP contribution in [0.1, 0.15) is 13.3 Å². The maximum atomic E-state index is 11.4. The second kappa shape index (κ2) is 6.54. The minimum absolute atomic E-state index is 0.0664. The van der Waals surface area contributed by atoms with Crippen molar-refractivity contribution in [3.05, 3.63) is 24.3 Å². The number of nitrogens with one attached hydrogen (secondary N) is 2. The van der Waals surface area contributed by atoms with Gasteiger partial charge in [-0.25, -0.2) is 0 Å². The summed E-state index contributed by atoms with van der Waals surface area (Å²) in [5.41, 5.74) is 1.80. The van der Waals surface area contributed by atoms with E-state index in [0.29, 0.717) is 6.04 Å². The molecule has 0 aliphatic carbocycles. The minimum Gasteiger partial charge on any atom is -0.380 e. The Bertz CT molecular complexity index is 419. The number of benzene rings is 1. The van der Waals surface area contributed by atoms with E-state index in [1.165, 1.54) is 7.11 Å². The van der Waals surface area contributed by atoms with Crippen LogP contribution in [0, 0.1) is 0 Å². The molecule has 1 aliphatic heterocycles. The number of hydrogen-bond acceptors (Lipinski definition) is 4. The monoisotopic (exact) mass is 264 g/mol. The van der Waals surface area contributed by atoms with Gasteiger partial charge in [0.25, 0.3) is 0 Å². The topological polar surface area (TPSA) is 59.6 Å². The molecule has 5 nitrogen and oxygen atoms in total. The summed E-state index contributed by atoms with van der Waals surface area (Å²) < 4.78 is 10.3. The van der Waals surface area contributed by atoms with Crippen molar-refractivity contribution in [2.75, 3.05) is 31.0 Å². The minimum atomic E-state index is -0.152. The van der Waals surface area contributed by atoms with Crippen molar-refractivity contribution in [3.63, 3.8) is 0 Å². The number of ether oxygens (including phenoxy) is 2. The standard InChI is InChI=1S/C14H20N2O3/c1-10-13(7-8-19-10)15-11-3-5-12(6-4-11)16-14(17)9-18-2/h3-6,10,13,15H,7-9H2,1-2H3,(H,16,17). The van der Waals surface area contributed by atoms with Gasteiger partial charge in [0.2, 0.25) is 5.91 Å². The maximum absolute atomic E-state index is 11.4. The van der Waals surface area contributed by atoms with E-state index >= 15 is 0 Å². The molecule has 1 heterocycles. The summed E-state index contributed by atoms with van der Waals surface area (Å²) >= 11 is 0. The van der Waals surface area contributed by atoms with Gasteiger partial charge in [-0.15, -0.1) is 0 Å². The van der Waals surface area contributed by atoms with Gasteiger partial charge in [-0.1, -0.05) is 0 Å². The summed E-state index contributed by atoms with van der Waals surface area (Å²) in [5.74, 6) is -0.152. The highest BCUT2D eigenvalue weighted by Gasteiger charge is 2.23. The first-order valence-electron chi connectivity index (χ1n) is 6.46. The van der Waals surface area contributed by atoms with Crippen LogP contribution in [-0.2, 0) is 14.3 Å². The second-order valence-corrected chi connectivity index (χ2v) is 4.67. The van der Waals surface area contributed by atoms with Crippen molar-refractivity contribution >= 4 is 17.3 Å². The Morgan fingerprint density at radius 2 is 2.05 bits per heavy atom. The SMILES string of the molecule is COCC(=O)Nc1ccc(NC2CCOC2C)cc1. The van der Waals surface area contributed by atoms with Gasteiger partial charge in [0.15, 0.2) is 0 Å². The number of carbonyl (C=O) groups is 1. The van der Waals surface area contributed by atoms with E-state index in [1.54, 1.807) is 0 Å². The zero-order chi connectivity index (χ0) is 13.7. The second-order valence-electron chi connectivity index (χ2n) is 4.67. The summed E-state index contributed by atoms with van der Waals surface area (Å²) in [6, 6.07) is 8.00. The first kappa shape index (κ1) is 13.8. The lowest BCUT2D eigenvalue weighted by atomic mass is 10.1. The molecule has 1 aliphatic rings. The molecule has 1 saturated heterocycles. The number of amides is 1. The molecule has 1 aromatic rings. The molecule has 0 bridgehead atoms. The van der Waals surface area contributed by atoms with Crippen LogP contribution in [0.15, 0.2) is 24.3 Å². The molecule has 19 heavy (non-hydrogen) atoms. The van der Waals surface area contributed by atoms with Crippen LogP contribution in [0.25, 0.3) is 0 Å². The van der Waals surface area contributed by atoms with Gasteiger partial charge in [-0.05, 0) is 37.6 Å². The van der Waals surface area contributed by atoms with Crippen molar-refractivity contribution in [1.29, 1.82) is 0 Å². The average Bonchev–Trinajstić information content (AvgIpc) is 2.78. The van der Waals surface area contributed by atoms with Crippen LogP contribution in [0.5, 0.6) is 0 Å². The third-order valence-corrected chi connectivity index (χ3v) is 3.17. The lowest BCUT2D eigenvalue weighted by Crippen LogP contribution is -2.26. The van der Waals surface area contributed by atoms with Crippen molar-refractivity contribution in [2.45, 2.75) is 25.5 Å². The molecule has 2 unspecified atom stereocenters. The first-order chi connectivity index (χ1) is 9.19. The molecule has 2 rings (SSSR count). The van der Waals surface area contributed by atoms with Gasteiger partial charge in [0, 0.05) is 25.1 Å². The Morgan fingerprint density at radius 3 is 2.63 bits per heavy atom. The lowest BCUT2D eigenvalue weighted by Gasteiger charge is -2.17. The highest BCUT2D eigenvalue weighted by atomic mass is 16.5. The number of hydrogen-bond donors (Lipinski definition) is 2. The summed E-state index contributed by atoms with van der Waals surface area (Å²) in [5, 5.41) is 6.19. The number of methoxy groups -OCH3 is 1. The van der Waals surface area contributed by atoms with Crippen molar-refractivity contribution in [1.82, 2.24) is 0 Å². The highest BCUT2D eigenvalue weighted by molar-refractivity contribution is 5.91. The Kier molecular flexibility index (Phi) is 4.76. The molecular weight excluding hydrogens is 244 g/mol. The summed E-state index contributed by atoms with van der Waals surface area (Å²) in [6.07, 6.45) is 1.26. The third kappa shape index (κ3) is 3.94. The zero-order valence-electron chi connectivity index (χ0n) is 11.3. The molecular formula is C14H20N2O3. The molecule has 1 fully saturated rings. The summed E-state index contributed by atoms with van der Waals surface area (Å²) in [4.78, 5) is 11.4. The van der Waals surface area contributed by atoms with Crippen molar-refractivity contribution in [2.24, 2.45) is 0 Å². The van der Waals surface area contributed by atoms with Crippen LogP contribution in [0.2, 0.25) is 0 Å². The van der Waals surface area contributed by atoms with Gasteiger partial charge in [-0.2, -0.15) is 0 Å². The zero-order valence-corrected chi connectivity index (χ0v) is 11.3. The van der Waals surface area contributed by atoms with E-state index in [4.69, 9.17) is 9.47 Å². The van der Waals surface area contributed by atoms with Crippen molar-refractivity contribution < 1.29 is 14.3 Å². The Morgan fingerprint density at radius 1 is 1.37 bits per heavy atom. The van der Waals surface area contributed by atoms with Gasteiger partial charge >= 0.3 is 0 Å². The van der Waals surface area contributed by atoms with Crippen LogP contribution >= 0.6 is 0 Å². The normalized spacial score (nSPS) is 22.2. The number of rotatable bonds is 5. The van der Waals surface area contributed by atoms with Crippen LogP contribution in [-0.4, -0.2) is 38.4 Å². The van der Waals surface area contributed by atoms with E-state index < -0.39 is 0 Å². The van der Waals surface area contributed by atoms with E-state index in [1.807, 2.05) is 24.3 Å². The summed E-state index contributed by atoms with van der Waals surface area (Å²) in [7, 11) is 1.50. The molecule has 0 spiro atoms. The van der Waals surface area contributed by atoms with Gasteiger partial charge in [0.05, 0.1) is 12.1 Å². The Balaban J connectivity index is 1.89. The molecule has 0 radical (unpaired) electrons.